The zero-order valence-corrected chi connectivity index (χ0v) is 6.77. The fraction of sp³-hybridized carbons (Fsp3) is 0.400. The van der Waals surface area contributed by atoms with Gasteiger partial charge in [-0.25, -0.2) is 5.10 Å². The first-order valence-corrected chi connectivity index (χ1v) is 3.36. The molecular formula is C5H3F5N4O. The minimum atomic E-state index is -5.95. The smallest absolute Gasteiger partial charge is 0.289 e. The molecule has 1 amide bonds. The summed E-state index contributed by atoms with van der Waals surface area (Å²) in [5.74, 6) is -8.59. The molecule has 0 saturated carbocycles. The molecule has 0 aliphatic heterocycles. The molecule has 5 nitrogen and oxygen atoms in total. The molecule has 0 unspecified atom stereocenters. The second-order valence-corrected chi connectivity index (χ2v) is 2.36. The maximum atomic E-state index is 12.3. The Kier molecular flexibility index (Phi) is 2.60. The van der Waals surface area contributed by atoms with E-state index in [4.69, 9.17) is 0 Å². The standard InChI is InChI=1S/C5H3F5N4O/c6-4(7,5(8,9)10)2(15)13-3-11-1-12-14-3/h1H,(H2,11,12,13,14,15). The molecule has 1 aromatic heterocycles. The van der Waals surface area contributed by atoms with Gasteiger partial charge in [-0.3, -0.25) is 10.1 Å². The van der Waals surface area contributed by atoms with Crippen molar-refractivity contribution in [1.29, 1.82) is 0 Å². The highest BCUT2D eigenvalue weighted by molar-refractivity contribution is 5.95. The summed E-state index contributed by atoms with van der Waals surface area (Å²) in [6.07, 6.45) is -5.11. The normalized spacial score (nSPS) is 12.6. The van der Waals surface area contributed by atoms with Crippen LogP contribution < -0.4 is 5.32 Å². The molecule has 10 heteroatoms. The number of nitrogens with zero attached hydrogens (tertiary/aromatic N) is 2. The van der Waals surface area contributed by atoms with E-state index in [1.807, 2.05) is 5.10 Å². The Morgan fingerprint density at radius 3 is 2.33 bits per heavy atom. The number of alkyl halides is 5. The molecule has 0 aliphatic rings. The highest BCUT2D eigenvalue weighted by Crippen LogP contribution is 2.35. The van der Waals surface area contributed by atoms with Crippen molar-refractivity contribution in [2.75, 3.05) is 5.32 Å². The van der Waals surface area contributed by atoms with Gasteiger partial charge in [0.05, 0.1) is 0 Å². The number of halogens is 5. The van der Waals surface area contributed by atoms with E-state index in [1.165, 1.54) is 5.32 Å². The molecule has 0 spiro atoms. The van der Waals surface area contributed by atoms with Crippen LogP contribution in [-0.2, 0) is 4.79 Å². The van der Waals surface area contributed by atoms with Crippen LogP contribution in [0.4, 0.5) is 27.9 Å². The van der Waals surface area contributed by atoms with Gasteiger partial charge in [-0.1, -0.05) is 0 Å². The van der Waals surface area contributed by atoms with Crippen LogP contribution in [-0.4, -0.2) is 33.2 Å². The van der Waals surface area contributed by atoms with Crippen LogP contribution in [0.25, 0.3) is 0 Å². The summed E-state index contributed by atoms with van der Waals surface area (Å²) in [6, 6.07) is 0. The molecule has 1 rings (SSSR count). The molecular weight excluding hydrogens is 227 g/mol. The van der Waals surface area contributed by atoms with Crippen LogP contribution in [0.5, 0.6) is 0 Å². The van der Waals surface area contributed by atoms with Crippen molar-refractivity contribution in [1.82, 2.24) is 15.2 Å². The van der Waals surface area contributed by atoms with Crippen LogP contribution >= 0.6 is 0 Å². The number of amides is 1. The minimum Gasteiger partial charge on any atom is -0.289 e. The van der Waals surface area contributed by atoms with E-state index in [9.17, 15) is 26.7 Å². The van der Waals surface area contributed by atoms with Crippen molar-refractivity contribution in [3.8, 4) is 0 Å². The maximum absolute atomic E-state index is 12.3. The van der Waals surface area contributed by atoms with Crippen molar-refractivity contribution in [3.05, 3.63) is 6.33 Å². The predicted molar refractivity (Wildman–Crippen MR) is 36.0 cm³/mol. The van der Waals surface area contributed by atoms with Gasteiger partial charge in [0.1, 0.15) is 6.33 Å². The third-order valence-corrected chi connectivity index (χ3v) is 1.29. The molecule has 1 heterocycles. The Morgan fingerprint density at radius 1 is 1.33 bits per heavy atom. The number of rotatable bonds is 2. The lowest BCUT2D eigenvalue weighted by molar-refractivity contribution is -0.267. The highest BCUT2D eigenvalue weighted by atomic mass is 19.4. The predicted octanol–water partition coefficient (Wildman–Crippen LogP) is 0.941. The van der Waals surface area contributed by atoms with E-state index in [2.05, 4.69) is 10.1 Å². The summed E-state index contributed by atoms with van der Waals surface area (Å²) in [5.41, 5.74) is 0. The SMILES string of the molecule is O=C(Nc1ncn[nH]1)C(F)(F)C(F)(F)F. The molecule has 84 valence electrons. The summed E-state index contributed by atoms with van der Waals surface area (Å²) >= 11 is 0. The summed E-state index contributed by atoms with van der Waals surface area (Å²) < 4.78 is 59.6. The van der Waals surface area contributed by atoms with Gasteiger partial charge in [0, 0.05) is 0 Å². The zero-order chi connectivity index (χ0) is 11.7. The quantitative estimate of drug-likeness (QED) is 0.742. The maximum Gasteiger partial charge on any atom is 0.463 e. The molecule has 15 heavy (non-hydrogen) atoms. The Hall–Kier alpha value is -1.74. The van der Waals surface area contributed by atoms with E-state index < -0.39 is 24.0 Å². The van der Waals surface area contributed by atoms with Gasteiger partial charge in [0.15, 0.2) is 0 Å². The summed E-state index contributed by atoms with van der Waals surface area (Å²) in [6.45, 7) is 0. The van der Waals surface area contributed by atoms with Crippen LogP contribution in [0.2, 0.25) is 0 Å². The Labute approximate surface area is 78.7 Å². The van der Waals surface area contributed by atoms with Crippen LogP contribution in [0.15, 0.2) is 6.33 Å². The van der Waals surface area contributed by atoms with Crippen molar-refractivity contribution in [2.24, 2.45) is 0 Å². The number of hydrogen-bond donors (Lipinski definition) is 2. The van der Waals surface area contributed by atoms with Crippen LogP contribution in [0.3, 0.4) is 0 Å². The highest BCUT2D eigenvalue weighted by Gasteiger charge is 2.63. The van der Waals surface area contributed by atoms with E-state index in [0.29, 0.717) is 0 Å². The van der Waals surface area contributed by atoms with E-state index in [-0.39, 0.29) is 0 Å². The van der Waals surface area contributed by atoms with Crippen molar-refractivity contribution >= 4 is 11.9 Å². The largest absolute Gasteiger partial charge is 0.463 e. The number of aromatic nitrogens is 3. The summed E-state index contributed by atoms with van der Waals surface area (Å²) in [5, 5.41) is 6.27. The lowest BCUT2D eigenvalue weighted by Gasteiger charge is -2.17. The Bertz CT molecular complexity index is 345. The third kappa shape index (κ3) is 2.19. The summed E-state index contributed by atoms with van der Waals surface area (Å²) in [7, 11) is 0. The number of nitrogens with one attached hydrogen (secondary N) is 2. The van der Waals surface area contributed by atoms with Gasteiger partial charge < -0.3 is 0 Å². The van der Waals surface area contributed by atoms with Crippen molar-refractivity contribution in [2.45, 2.75) is 12.1 Å². The molecule has 1 aromatic rings. The molecule has 0 radical (unpaired) electrons. The van der Waals surface area contributed by atoms with Crippen LogP contribution in [0.1, 0.15) is 0 Å². The fourth-order valence-corrected chi connectivity index (χ4v) is 0.580. The molecule has 0 aliphatic carbocycles. The molecule has 0 fully saturated rings. The van der Waals surface area contributed by atoms with Gasteiger partial charge in [-0.2, -0.15) is 32.0 Å². The van der Waals surface area contributed by atoms with Crippen LogP contribution in [0, 0.1) is 0 Å². The van der Waals surface area contributed by atoms with Gasteiger partial charge in [0.2, 0.25) is 5.95 Å². The number of hydrogen-bond acceptors (Lipinski definition) is 3. The molecule has 0 atom stereocenters. The minimum absolute atomic E-state index is 0.594. The van der Waals surface area contributed by atoms with E-state index in [0.717, 1.165) is 6.33 Å². The average Bonchev–Trinajstić information content (AvgIpc) is 2.54. The van der Waals surface area contributed by atoms with E-state index >= 15 is 0 Å². The second-order valence-electron chi connectivity index (χ2n) is 2.36. The molecule has 0 saturated heterocycles. The average molecular weight is 230 g/mol. The monoisotopic (exact) mass is 230 g/mol. The van der Waals surface area contributed by atoms with Crippen molar-refractivity contribution < 1.29 is 26.7 Å². The Morgan fingerprint density at radius 2 is 1.93 bits per heavy atom. The molecule has 0 aromatic carbocycles. The first-order chi connectivity index (χ1) is 6.75. The molecule has 0 bridgehead atoms. The lowest BCUT2D eigenvalue weighted by atomic mass is 10.3. The fourth-order valence-electron chi connectivity index (χ4n) is 0.580. The van der Waals surface area contributed by atoms with E-state index in [1.54, 1.807) is 0 Å². The first kappa shape index (κ1) is 11.3. The van der Waals surface area contributed by atoms with Crippen molar-refractivity contribution in [3.63, 3.8) is 0 Å². The number of anilines is 1. The third-order valence-electron chi connectivity index (χ3n) is 1.29. The van der Waals surface area contributed by atoms with Gasteiger partial charge in [0.25, 0.3) is 0 Å². The van der Waals surface area contributed by atoms with Gasteiger partial charge in [-0.15, -0.1) is 0 Å². The summed E-state index contributed by atoms with van der Waals surface area (Å²) in [4.78, 5) is 13.7. The lowest BCUT2D eigenvalue weighted by Crippen LogP contribution is -2.47. The number of carbonyl (C=O) groups is 1. The Balaban J connectivity index is 2.77. The zero-order valence-electron chi connectivity index (χ0n) is 6.77. The van der Waals surface area contributed by atoms with Gasteiger partial charge >= 0.3 is 18.0 Å². The van der Waals surface area contributed by atoms with Gasteiger partial charge in [-0.05, 0) is 0 Å². The topological polar surface area (TPSA) is 70.7 Å². The first-order valence-electron chi connectivity index (χ1n) is 3.36. The number of aromatic amines is 1. The number of carbonyl (C=O) groups excluding carboxylic acids is 1. The molecule has 2 N–H and O–H groups in total. The second kappa shape index (κ2) is 3.44. The number of H-pyrrole nitrogens is 1.